The number of rotatable bonds is 6. The number of halogens is 4. The summed E-state index contributed by atoms with van der Waals surface area (Å²) < 4.78 is 41.0. The molecule has 0 aliphatic carbocycles. The number of aromatic nitrogens is 1. The van der Waals surface area contributed by atoms with E-state index in [1.165, 1.54) is 12.3 Å². The van der Waals surface area contributed by atoms with Gasteiger partial charge in [0.2, 0.25) is 5.88 Å². The minimum atomic E-state index is -4.44. The van der Waals surface area contributed by atoms with Gasteiger partial charge >= 0.3 is 12.2 Å². The molecular weight excluding hydrogens is 371 g/mol. The van der Waals surface area contributed by atoms with Crippen LogP contribution in [0.25, 0.3) is 0 Å². The van der Waals surface area contributed by atoms with Gasteiger partial charge in [-0.05, 0) is 30.2 Å². The van der Waals surface area contributed by atoms with Crippen LogP contribution >= 0.6 is 11.6 Å². The number of carbonyl (C=O) groups excluding carboxylic acids is 1. The molecule has 140 valence electrons. The molecule has 1 aromatic heterocycles. The van der Waals surface area contributed by atoms with Crippen LogP contribution in [-0.2, 0) is 6.54 Å². The van der Waals surface area contributed by atoms with Crippen LogP contribution in [0.15, 0.2) is 42.6 Å². The summed E-state index contributed by atoms with van der Waals surface area (Å²) in [6.07, 6.45) is -3.13. The maximum Gasteiger partial charge on any atom is 0.422 e. The van der Waals surface area contributed by atoms with E-state index in [1.54, 1.807) is 31.2 Å². The number of ether oxygens (including phenoxy) is 1. The average molecular weight is 388 g/mol. The SMILES string of the molecule is C[C@H](NC(=O)NCc1ccnc(OCC(F)(F)F)c1)c1ccccc1Cl. The zero-order valence-corrected chi connectivity index (χ0v) is 14.6. The number of nitrogens with one attached hydrogen (secondary N) is 2. The Bertz CT molecular complexity index is 756. The van der Waals surface area contributed by atoms with E-state index in [0.29, 0.717) is 10.6 Å². The van der Waals surface area contributed by atoms with E-state index >= 15 is 0 Å². The summed E-state index contributed by atoms with van der Waals surface area (Å²) in [5.41, 5.74) is 1.33. The minimum absolute atomic E-state index is 0.103. The molecule has 26 heavy (non-hydrogen) atoms. The van der Waals surface area contributed by atoms with Gasteiger partial charge in [0.05, 0.1) is 6.04 Å². The van der Waals surface area contributed by atoms with Gasteiger partial charge in [-0.2, -0.15) is 13.2 Å². The summed E-state index contributed by atoms with van der Waals surface area (Å²) >= 11 is 6.08. The third kappa shape index (κ3) is 6.44. The maximum absolute atomic E-state index is 12.2. The Balaban J connectivity index is 1.86. The van der Waals surface area contributed by atoms with E-state index < -0.39 is 18.8 Å². The zero-order chi connectivity index (χ0) is 19.2. The molecule has 9 heteroatoms. The van der Waals surface area contributed by atoms with Gasteiger partial charge in [0.25, 0.3) is 0 Å². The number of benzene rings is 1. The smallest absolute Gasteiger partial charge is 0.422 e. The monoisotopic (exact) mass is 387 g/mol. The van der Waals surface area contributed by atoms with Crippen molar-refractivity contribution in [3.05, 3.63) is 58.7 Å². The van der Waals surface area contributed by atoms with Crippen molar-refractivity contribution in [1.29, 1.82) is 0 Å². The van der Waals surface area contributed by atoms with Crippen molar-refractivity contribution in [2.45, 2.75) is 25.7 Å². The second kappa shape index (κ2) is 8.75. The Kier molecular flexibility index (Phi) is 6.68. The summed E-state index contributed by atoms with van der Waals surface area (Å²) in [5.74, 6) is -0.161. The molecule has 0 unspecified atom stereocenters. The van der Waals surface area contributed by atoms with Crippen molar-refractivity contribution in [2.75, 3.05) is 6.61 Å². The van der Waals surface area contributed by atoms with Gasteiger partial charge in [-0.15, -0.1) is 0 Å². The van der Waals surface area contributed by atoms with Crippen molar-refractivity contribution in [1.82, 2.24) is 15.6 Å². The van der Waals surface area contributed by atoms with E-state index in [0.717, 1.165) is 5.56 Å². The predicted molar refractivity (Wildman–Crippen MR) is 91.0 cm³/mol. The summed E-state index contributed by atoms with van der Waals surface area (Å²) in [7, 11) is 0. The van der Waals surface area contributed by atoms with Crippen LogP contribution in [0.2, 0.25) is 5.02 Å². The number of hydrogen-bond acceptors (Lipinski definition) is 3. The van der Waals surface area contributed by atoms with Crippen molar-refractivity contribution in [3.63, 3.8) is 0 Å². The van der Waals surface area contributed by atoms with Gasteiger partial charge < -0.3 is 15.4 Å². The molecular formula is C17H17ClF3N3O2. The number of nitrogens with zero attached hydrogens (tertiary/aromatic N) is 1. The number of hydrogen-bond donors (Lipinski definition) is 2. The van der Waals surface area contributed by atoms with Gasteiger partial charge in [-0.25, -0.2) is 9.78 Å². The first kappa shape index (κ1) is 19.8. The molecule has 0 aliphatic heterocycles. The molecule has 0 radical (unpaired) electrons. The van der Waals surface area contributed by atoms with Crippen LogP contribution in [0, 0.1) is 0 Å². The molecule has 0 bridgehead atoms. The van der Waals surface area contributed by atoms with Crippen molar-refractivity contribution < 1.29 is 22.7 Å². The molecule has 2 amide bonds. The highest BCUT2D eigenvalue weighted by molar-refractivity contribution is 6.31. The van der Waals surface area contributed by atoms with Crippen LogP contribution in [0.4, 0.5) is 18.0 Å². The first-order valence-corrected chi connectivity index (χ1v) is 8.05. The molecule has 5 nitrogen and oxygen atoms in total. The Morgan fingerprint density at radius 3 is 2.73 bits per heavy atom. The highest BCUT2D eigenvalue weighted by Gasteiger charge is 2.28. The number of pyridine rings is 1. The number of alkyl halides is 3. The lowest BCUT2D eigenvalue weighted by Crippen LogP contribution is -2.36. The van der Waals surface area contributed by atoms with E-state index in [9.17, 15) is 18.0 Å². The molecule has 0 aliphatic rings. The predicted octanol–water partition coefficient (Wildman–Crippen LogP) is 4.24. The van der Waals surface area contributed by atoms with Gasteiger partial charge in [0.15, 0.2) is 6.61 Å². The Labute approximate surface area is 153 Å². The Morgan fingerprint density at radius 2 is 2.04 bits per heavy atom. The zero-order valence-electron chi connectivity index (χ0n) is 13.8. The first-order chi connectivity index (χ1) is 12.2. The van der Waals surface area contributed by atoms with E-state index in [-0.39, 0.29) is 18.5 Å². The minimum Gasteiger partial charge on any atom is -0.468 e. The molecule has 0 saturated heterocycles. The van der Waals surface area contributed by atoms with Crippen LogP contribution < -0.4 is 15.4 Å². The maximum atomic E-state index is 12.2. The molecule has 1 atom stereocenters. The number of amides is 2. The van der Waals surface area contributed by atoms with Gasteiger partial charge in [0, 0.05) is 23.8 Å². The topological polar surface area (TPSA) is 63.2 Å². The van der Waals surface area contributed by atoms with Crippen molar-refractivity contribution in [2.24, 2.45) is 0 Å². The van der Waals surface area contributed by atoms with Crippen LogP contribution in [0.5, 0.6) is 5.88 Å². The fourth-order valence-corrected chi connectivity index (χ4v) is 2.43. The summed E-state index contributed by atoms with van der Waals surface area (Å²) in [6, 6.07) is 9.30. The standard InChI is InChI=1S/C17H17ClF3N3O2/c1-11(13-4-2-3-5-14(13)18)24-16(25)23-9-12-6-7-22-15(8-12)26-10-17(19,20)21/h2-8,11H,9-10H2,1H3,(H2,23,24,25)/t11-/m0/s1. The first-order valence-electron chi connectivity index (χ1n) is 7.68. The largest absolute Gasteiger partial charge is 0.468 e. The number of urea groups is 1. The Hall–Kier alpha value is -2.48. The second-order valence-corrected chi connectivity index (χ2v) is 5.88. The fourth-order valence-electron chi connectivity index (χ4n) is 2.13. The van der Waals surface area contributed by atoms with Gasteiger partial charge in [0.1, 0.15) is 0 Å². The second-order valence-electron chi connectivity index (χ2n) is 5.48. The van der Waals surface area contributed by atoms with Gasteiger partial charge in [-0.1, -0.05) is 29.8 Å². The number of carbonyl (C=O) groups is 1. The molecule has 0 fully saturated rings. The molecule has 1 aromatic carbocycles. The van der Waals surface area contributed by atoms with Crippen LogP contribution in [0.3, 0.4) is 0 Å². The molecule has 0 saturated carbocycles. The Morgan fingerprint density at radius 1 is 1.31 bits per heavy atom. The summed E-state index contributed by atoms with van der Waals surface area (Å²) in [6.45, 7) is 0.467. The van der Waals surface area contributed by atoms with Crippen molar-refractivity contribution >= 4 is 17.6 Å². The normalized spacial score (nSPS) is 12.3. The average Bonchev–Trinajstić information content (AvgIpc) is 2.58. The van der Waals surface area contributed by atoms with Gasteiger partial charge in [-0.3, -0.25) is 0 Å². The lowest BCUT2D eigenvalue weighted by molar-refractivity contribution is -0.154. The quantitative estimate of drug-likeness (QED) is 0.779. The molecule has 2 N–H and O–H groups in total. The van der Waals surface area contributed by atoms with Crippen molar-refractivity contribution in [3.8, 4) is 5.88 Å². The molecule has 2 aromatic rings. The van der Waals surface area contributed by atoms with E-state index in [1.807, 2.05) is 6.07 Å². The molecule has 0 spiro atoms. The summed E-state index contributed by atoms with van der Waals surface area (Å²) in [5, 5.41) is 5.90. The third-order valence-electron chi connectivity index (χ3n) is 3.36. The lowest BCUT2D eigenvalue weighted by atomic mass is 10.1. The molecule has 1 heterocycles. The summed E-state index contributed by atoms with van der Waals surface area (Å²) in [4.78, 5) is 15.7. The molecule has 2 rings (SSSR count). The van der Waals surface area contributed by atoms with E-state index in [4.69, 9.17) is 11.6 Å². The van der Waals surface area contributed by atoms with Crippen LogP contribution in [0.1, 0.15) is 24.1 Å². The van der Waals surface area contributed by atoms with E-state index in [2.05, 4.69) is 20.4 Å². The van der Waals surface area contributed by atoms with Crippen LogP contribution in [-0.4, -0.2) is 23.8 Å². The fraction of sp³-hybridized carbons (Fsp3) is 0.294. The highest BCUT2D eigenvalue weighted by atomic mass is 35.5. The lowest BCUT2D eigenvalue weighted by Gasteiger charge is -2.16. The third-order valence-corrected chi connectivity index (χ3v) is 3.70. The highest BCUT2D eigenvalue weighted by Crippen LogP contribution is 2.22.